The first-order valence-electron chi connectivity index (χ1n) is 4.46. The molecule has 0 amide bonds. The summed E-state index contributed by atoms with van der Waals surface area (Å²) in [5.74, 6) is -2.44. The van der Waals surface area contributed by atoms with Gasteiger partial charge in [-0.05, 0) is 12.1 Å². The van der Waals surface area contributed by atoms with Crippen LogP contribution >= 0.6 is 11.6 Å². The van der Waals surface area contributed by atoms with E-state index in [4.69, 9.17) is 16.7 Å². The van der Waals surface area contributed by atoms with Crippen molar-refractivity contribution in [1.29, 1.82) is 0 Å². The number of carboxylic acid groups (broad SMARTS) is 1. The second kappa shape index (κ2) is 4.06. The van der Waals surface area contributed by atoms with Gasteiger partial charge in [-0.15, -0.1) is 0 Å². The fourth-order valence-corrected chi connectivity index (χ4v) is 1.51. The monoisotopic (exact) mass is 256 g/mol. The third kappa shape index (κ3) is 2.07. The van der Waals surface area contributed by atoms with Crippen molar-refractivity contribution in [3.8, 4) is 11.4 Å². The van der Waals surface area contributed by atoms with Crippen molar-refractivity contribution in [2.24, 2.45) is 0 Å². The second-order valence-electron chi connectivity index (χ2n) is 3.21. The van der Waals surface area contributed by atoms with Crippen LogP contribution in [0.25, 0.3) is 5.69 Å². The third-order valence-electron chi connectivity index (χ3n) is 2.05. The van der Waals surface area contributed by atoms with Crippen LogP contribution in [-0.4, -0.2) is 26.0 Å². The Morgan fingerprint density at radius 3 is 2.76 bits per heavy atom. The molecule has 0 spiro atoms. The van der Waals surface area contributed by atoms with Crippen molar-refractivity contribution < 1.29 is 19.4 Å². The zero-order valence-corrected chi connectivity index (χ0v) is 9.02. The first kappa shape index (κ1) is 11.4. The lowest BCUT2D eigenvalue weighted by atomic mass is 10.3. The summed E-state index contributed by atoms with van der Waals surface area (Å²) in [4.78, 5) is 10.7. The van der Waals surface area contributed by atoms with Gasteiger partial charge in [-0.2, -0.15) is 5.10 Å². The van der Waals surface area contributed by atoms with Gasteiger partial charge in [-0.3, -0.25) is 0 Å². The Morgan fingerprint density at radius 1 is 1.47 bits per heavy atom. The number of aromatic nitrogens is 2. The predicted octanol–water partition coefficient (Wildman–Crippen LogP) is 2.07. The molecule has 0 aliphatic heterocycles. The average molecular weight is 257 g/mol. The van der Waals surface area contributed by atoms with E-state index in [0.29, 0.717) is 0 Å². The maximum absolute atomic E-state index is 13.0. The molecule has 2 aromatic rings. The van der Waals surface area contributed by atoms with Crippen LogP contribution in [0.1, 0.15) is 10.5 Å². The summed E-state index contributed by atoms with van der Waals surface area (Å²) in [6.45, 7) is 0. The van der Waals surface area contributed by atoms with Gasteiger partial charge in [-0.1, -0.05) is 11.6 Å². The molecular weight excluding hydrogens is 251 g/mol. The van der Waals surface area contributed by atoms with Crippen molar-refractivity contribution in [3.63, 3.8) is 0 Å². The summed E-state index contributed by atoms with van der Waals surface area (Å²) >= 11 is 5.82. The van der Waals surface area contributed by atoms with E-state index in [-0.39, 0.29) is 10.7 Å². The van der Waals surface area contributed by atoms with Crippen molar-refractivity contribution in [2.75, 3.05) is 0 Å². The van der Waals surface area contributed by atoms with Crippen LogP contribution in [0, 0.1) is 5.82 Å². The van der Waals surface area contributed by atoms with Crippen LogP contribution < -0.4 is 0 Å². The number of halogens is 2. The largest absolute Gasteiger partial charge is 0.504 e. The Balaban J connectivity index is 2.57. The lowest BCUT2D eigenvalue weighted by Gasteiger charge is -2.03. The molecule has 1 heterocycles. The van der Waals surface area contributed by atoms with Crippen LogP contribution in [0.4, 0.5) is 4.39 Å². The molecule has 0 aliphatic carbocycles. The van der Waals surface area contributed by atoms with E-state index >= 15 is 0 Å². The number of hydrogen-bond donors (Lipinski definition) is 2. The molecule has 17 heavy (non-hydrogen) atoms. The van der Waals surface area contributed by atoms with E-state index in [9.17, 15) is 14.3 Å². The summed E-state index contributed by atoms with van der Waals surface area (Å²) in [6, 6.07) is 3.55. The van der Waals surface area contributed by atoms with Gasteiger partial charge in [0.25, 0.3) is 0 Å². The van der Waals surface area contributed by atoms with Gasteiger partial charge in [-0.25, -0.2) is 13.9 Å². The maximum Gasteiger partial charge on any atom is 0.360 e. The van der Waals surface area contributed by atoms with E-state index in [0.717, 1.165) is 23.0 Å². The van der Waals surface area contributed by atoms with Crippen LogP contribution in [0.3, 0.4) is 0 Å². The topological polar surface area (TPSA) is 75.3 Å². The molecule has 88 valence electrons. The fraction of sp³-hybridized carbons (Fsp3) is 0. The smallest absolute Gasteiger partial charge is 0.360 e. The predicted molar refractivity (Wildman–Crippen MR) is 57.2 cm³/mol. The van der Waals surface area contributed by atoms with Crippen LogP contribution in [0.5, 0.6) is 5.75 Å². The highest BCUT2D eigenvalue weighted by Crippen LogP contribution is 2.24. The van der Waals surface area contributed by atoms with Crippen LogP contribution in [0.2, 0.25) is 5.02 Å². The van der Waals surface area contributed by atoms with Gasteiger partial charge in [0, 0.05) is 6.07 Å². The number of carbonyl (C=O) groups is 1. The highest BCUT2D eigenvalue weighted by Gasteiger charge is 2.17. The van der Waals surface area contributed by atoms with Gasteiger partial charge in [0.05, 0.1) is 16.9 Å². The molecule has 0 aliphatic rings. The van der Waals surface area contributed by atoms with Crippen LogP contribution in [0.15, 0.2) is 24.4 Å². The minimum Gasteiger partial charge on any atom is -0.504 e. The van der Waals surface area contributed by atoms with Crippen LogP contribution in [-0.2, 0) is 0 Å². The summed E-state index contributed by atoms with van der Waals surface area (Å²) in [5, 5.41) is 21.8. The van der Waals surface area contributed by atoms with E-state index in [1.807, 2.05) is 0 Å². The zero-order valence-electron chi connectivity index (χ0n) is 8.26. The molecule has 7 heteroatoms. The fourth-order valence-electron chi connectivity index (χ4n) is 1.30. The minimum absolute atomic E-state index is 0.148. The summed E-state index contributed by atoms with van der Waals surface area (Å²) in [5.41, 5.74) is -0.375. The second-order valence-corrected chi connectivity index (χ2v) is 3.62. The molecule has 0 radical (unpaired) electrons. The molecule has 5 nitrogen and oxygen atoms in total. The Kier molecular flexibility index (Phi) is 2.72. The lowest BCUT2D eigenvalue weighted by molar-refractivity contribution is 0.0687. The maximum atomic E-state index is 13.0. The number of rotatable bonds is 2. The molecule has 0 fully saturated rings. The molecule has 0 atom stereocenters. The van der Waals surface area contributed by atoms with Gasteiger partial charge >= 0.3 is 5.97 Å². The lowest BCUT2D eigenvalue weighted by Crippen LogP contribution is -2.01. The van der Waals surface area contributed by atoms with E-state index < -0.39 is 23.2 Å². The van der Waals surface area contributed by atoms with Crippen molar-refractivity contribution in [3.05, 3.63) is 40.9 Å². The quantitative estimate of drug-likeness (QED) is 0.862. The third-order valence-corrected chi connectivity index (χ3v) is 2.37. The average Bonchev–Trinajstić information content (AvgIpc) is 2.64. The standard InChI is InChI=1S/C10H6ClFN2O3/c11-6-2-1-5(12)3-7(6)14-4-8(15)9(13-14)10(16)17/h1-4,15H,(H,16,17). The molecule has 2 N–H and O–H groups in total. The molecule has 0 saturated heterocycles. The number of benzene rings is 1. The molecule has 0 saturated carbocycles. The first-order valence-corrected chi connectivity index (χ1v) is 4.84. The first-order chi connectivity index (χ1) is 7.99. The molecule has 0 unspecified atom stereocenters. The van der Waals surface area contributed by atoms with Crippen molar-refractivity contribution in [1.82, 2.24) is 9.78 Å². The Hall–Kier alpha value is -2.08. The Labute approximate surface area is 99.7 Å². The summed E-state index contributed by atoms with van der Waals surface area (Å²) in [7, 11) is 0. The number of aromatic carboxylic acids is 1. The summed E-state index contributed by atoms with van der Waals surface area (Å²) < 4.78 is 14.0. The number of hydrogen-bond acceptors (Lipinski definition) is 3. The Bertz CT molecular complexity index is 597. The zero-order chi connectivity index (χ0) is 12.6. The minimum atomic E-state index is -1.38. The van der Waals surface area contributed by atoms with Gasteiger partial charge < -0.3 is 10.2 Å². The van der Waals surface area contributed by atoms with Gasteiger partial charge in [0.2, 0.25) is 5.69 Å². The molecule has 0 bridgehead atoms. The molecule has 1 aromatic heterocycles. The molecular formula is C10H6ClFN2O3. The van der Waals surface area contributed by atoms with Gasteiger partial charge in [0.15, 0.2) is 5.75 Å². The van der Waals surface area contributed by atoms with E-state index in [1.165, 1.54) is 6.07 Å². The normalized spacial score (nSPS) is 10.5. The Morgan fingerprint density at radius 2 is 2.18 bits per heavy atom. The van der Waals surface area contributed by atoms with Crippen molar-refractivity contribution >= 4 is 17.6 Å². The highest BCUT2D eigenvalue weighted by molar-refractivity contribution is 6.32. The molecule has 1 aromatic carbocycles. The van der Waals surface area contributed by atoms with Crippen molar-refractivity contribution in [2.45, 2.75) is 0 Å². The number of nitrogens with zero attached hydrogens (tertiary/aromatic N) is 2. The van der Waals surface area contributed by atoms with E-state index in [2.05, 4.69) is 5.10 Å². The number of aromatic hydroxyl groups is 1. The summed E-state index contributed by atoms with van der Waals surface area (Å²) in [6.07, 6.45) is 1.05. The highest BCUT2D eigenvalue weighted by atomic mass is 35.5. The van der Waals surface area contributed by atoms with E-state index in [1.54, 1.807) is 0 Å². The number of carboxylic acids is 1. The SMILES string of the molecule is O=C(O)c1nn(-c2cc(F)ccc2Cl)cc1O. The van der Waals surface area contributed by atoms with Gasteiger partial charge in [0.1, 0.15) is 5.82 Å². The molecule has 2 rings (SSSR count).